The molecule has 2 aliphatic rings. The number of hydrogen-bond acceptors (Lipinski definition) is 3. The fourth-order valence-corrected chi connectivity index (χ4v) is 1.99. The summed E-state index contributed by atoms with van der Waals surface area (Å²) in [6.45, 7) is 4.95. The van der Waals surface area contributed by atoms with Crippen LogP contribution in [-0.4, -0.2) is 17.3 Å². The van der Waals surface area contributed by atoms with Gasteiger partial charge in [0.15, 0.2) is 5.82 Å². The normalized spacial score (nSPS) is 21.4. The average Bonchev–Trinajstić information content (AvgIpc) is 2.48. The van der Waals surface area contributed by atoms with Crippen LogP contribution in [0, 0.1) is 5.92 Å². The third-order valence-electron chi connectivity index (χ3n) is 2.15. The predicted molar refractivity (Wildman–Crippen MR) is 62.0 cm³/mol. The molecule has 0 aliphatic carbocycles. The lowest BCUT2D eigenvalue weighted by atomic mass is 10.1. The molecule has 0 radical (unpaired) electrons. The van der Waals surface area contributed by atoms with Gasteiger partial charge in [-0.05, 0) is 12.0 Å². The Bertz CT molecular complexity index is 357. The van der Waals surface area contributed by atoms with Crippen molar-refractivity contribution in [2.24, 2.45) is 10.9 Å². The average molecular weight is 277 g/mol. The molecule has 0 amide bonds. The first-order chi connectivity index (χ1) is 6.59. The van der Waals surface area contributed by atoms with E-state index >= 15 is 0 Å². The van der Waals surface area contributed by atoms with Crippen molar-refractivity contribution in [3.8, 4) is 0 Å². The van der Waals surface area contributed by atoms with E-state index in [1.165, 1.54) is 0 Å². The van der Waals surface area contributed by atoms with Crippen molar-refractivity contribution < 1.29 is 0 Å². The quantitative estimate of drug-likeness (QED) is 0.746. The highest BCUT2D eigenvalue weighted by Gasteiger charge is 2.27. The summed E-state index contributed by atoms with van der Waals surface area (Å²) in [4.78, 5) is 4.53. The Morgan fingerprint density at radius 1 is 1.64 bits per heavy atom. The van der Waals surface area contributed by atoms with E-state index in [2.05, 4.69) is 40.2 Å². The molecule has 14 heavy (non-hydrogen) atoms. The second-order valence-corrected chi connectivity index (χ2v) is 4.90. The number of nitrogens with zero attached hydrogens (tertiary/aromatic N) is 2. The zero-order chi connectivity index (χ0) is 10.3. The number of allylic oxidation sites excluding steroid dienone is 1. The highest BCUT2D eigenvalue weighted by Crippen LogP contribution is 2.30. The number of aliphatic imine (C=N–C) groups is 1. The Morgan fingerprint density at radius 3 is 3.00 bits per heavy atom. The van der Waals surface area contributed by atoms with Crippen molar-refractivity contribution in [3.63, 3.8) is 0 Å². The van der Waals surface area contributed by atoms with Crippen LogP contribution in [0.5, 0.6) is 0 Å². The highest BCUT2D eigenvalue weighted by molar-refractivity contribution is 9.11. The topological polar surface area (TPSA) is 27.6 Å². The zero-order valence-corrected chi connectivity index (χ0v) is 10.4. The lowest BCUT2D eigenvalue weighted by molar-refractivity contribution is 0.370. The van der Waals surface area contributed by atoms with Gasteiger partial charge in [-0.2, -0.15) is 0 Å². The first-order valence-corrected chi connectivity index (χ1v) is 5.64. The molecule has 0 aromatic heterocycles. The maximum Gasteiger partial charge on any atom is 0.160 e. The monoisotopic (exact) mass is 275 g/mol. The van der Waals surface area contributed by atoms with Crippen LogP contribution < -0.4 is 5.43 Å². The lowest BCUT2D eigenvalue weighted by Crippen LogP contribution is -2.32. The predicted octanol–water partition coefficient (Wildman–Crippen LogP) is 2.56. The summed E-state index contributed by atoms with van der Waals surface area (Å²) in [5.41, 5.74) is 4.14. The van der Waals surface area contributed by atoms with E-state index < -0.39 is 0 Å². The van der Waals surface area contributed by atoms with Crippen LogP contribution in [0.4, 0.5) is 0 Å². The SMILES string of the molecule is CC(C)C1=NC2=C(Br)CNN2C(Cl)=C1. The fourth-order valence-electron chi connectivity index (χ4n) is 1.35. The lowest BCUT2D eigenvalue weighted by Gasteiger charge is -2.23. The number of rotatable bonds is 1. The third kappa shape index (κ3) is 1.62. The van der Waals surface area contributed by atoms with E-state index in [-0.39, 0.29) is 0 Å². The van der Waals surface area contributed by atoms with Crippen molar-refractivity contribution in [2.45, 2.75) is 13.8 Å². The van der Waals surface area contributed by atoms with Gasteiger partial charge in [0.2, 0.25) is 0 Å². The molecule has 2 heterocycles. The molecule has 1 N–H and O–H groups in total. The van der Waals surface area contributed by atoms with Crippen LogP contribution in [0.3, 0.4) is 0 Å². The van der Waals surface area contributed by atoms with E-state index in [1.807, 2.05) is 6.08 Å². The standard InChI is InChI=1S/C9H11BrClN3/c1-5(2)7-3-8(11)14-9(13-7)6(10)4-12-14/h3,5,12H,4H2,1-2H3. The molecule has 0 aromatic carbocycles. The zero-order valence-electron chi connectivity index (χ0n) is 8.01. The molecule has 0 fully saturated rings. The second-order valence-electron chi connectivity index (χ2n) is 3.56. The molecule has 0 saturated carbocycles. The number of hydrazine groups is 1. The van der Waals surface area contributed by atoms with Gasteiger partial charge < -0.3 is 0 Å². The van der Waals surface area contributed by atoms with Crippen molar-refractivity contribution in [3.05, 3.63) is 21.5 Å². The Hall–Kier alpha value is -0.320. The van der Waals surface area contributed by atoms with Crippen LogP contribution in [0.15, 0.2) is 26.5 Å². The van der Waals surface area contributed by atoms with Crippen LogP contribution in [0.1, 0.15) is 13.8 Å². The first-order valence-electron chi connectivity index (χ1n) is 4.47. The molecule has 0 saturated heterocycles. The second kappa shape index (κ2) is 3.68. The Labute approximate surface area is 96.6 Å². The Kier molecular flexibility index (Phi) is 2.68. The molecule has 0 unspecified atom stereocenters. The summed E-state index contributed by atoms with van der Waals surface area (Å²) >= 11 is 9.58. The van der Waals surface area contributed by atoms with E-state index in [0.29, 0.717) is 11.1 Å². The highest BCUT2D eigenvalue weighted by atomic mass is 79.9. The molecule has 0 atom stereocenters. The van der Waals surface area contributed by atoms with Crippen LogP contribution in [-0.2, 0) is 0 Å². The van der Waals surface area contributed by atoms with Gasteiger partial charge in [0.05, 0.1) is 11.0 Å². The molecule has 2 aliphatic heterocycles. The molecule has 2 rings (SSSR count). The number of nitrogens with one attached hydrogen (secondary N) is 1. The van der Waals surface area contributed by atoms with Crippen LogP contribution >= 0.6 is 27.5 Å². The maximum absolute atomic E-state index is 6.11. The van der Waals surface area contributed by atoms with E-state index in [0.717, 1.165) is 22.6 Å². The van der Waals surface area contributed by atoms with E-state index in [4.69, 9.17) is 11.6 Å². The molecule has 3 nitrogen and oxygen atoms in total. The Morgan fingerprint density at radius 2 is 2.36 bits per heavy atom. The van der Waals surface area contributed by atoms with Gasteiger partial charge in [-0.15, -0.1) is 0 Å². The molecular weight excluding hydrogens is 265 g/mol. The fraction of sp³-hybridized carbons (Fsp3) is 0.444. The number of halogens is 2. The molecule has 76 valence electrons. The minimum Gasteiger partial charge on any atom is -0.247 e. The van der Waals surface area contributed by atoms with Crippen molar-refractivity contribution in [1.29, 1.82) is 0 Å². The molecular formula is C9H11BrClN3. The summed E-state index contributed by atoms with van der Waals surface area (Å²) in [5.74, 6) is 1.26. The summed E-state index contributed by atoms with van der Waals surface area (Å²) in [7, 11) is 0. The van der Waals surface area contributed by atoms with Gasteiger partial charge in [-0.3, -0.25) is 0 Å². The minimum atomic E-state index is 0.388. The summed E-state index contributed by atoms with van der Waals surface area (Å²) in [6, 6.07) is 0. The maximum atomic E-state index is 6.11. The Balaban J connectivity index is 2.41. The van der Waals surface area contributed by atoms with Gasteiger partial charge >= 0.3 is 0 Å². The van der Waals surface area contributed by atoms with Crippen molar-refractivity contribution in [1.82, 2.24) is 10.4 Å². The van der Waals surface area contributed by atoms with Crippen molar-refractivity contribution >= 4 is 33.2 Å². The van der Waals surface area contributed by atoms with Gasteiger partial charge in [0.1, 0.15) is 5.16 Å². The van der Waals surface area contributed by atoms with Crippen molar-refractivity contribution in [2.75, 3.05) is 6.54 Å². The summed E-state index contributed by atoms with van der Waals surface area (Å²) in [5, 5.41) is 2.46. The smallest absolute Gasteiger partial charge is 0.160 e. The molecule has 0 bridgehead atoms. The van der Waals surface area contributed by atoms with Crippen LogP contribution in [0.2, 0.25) is 0 Å². The van der Waals surface area contributed by atoms with E-state index in [1.54, 1.807) is 5.01 Å². The molecule has 0 aromatic rings. The summed E-state index contributed by atoms with van der Waals surface area (Å²) < 4.78 is 1.04. The number of hydrogen-bond donors (Lipinski definition) is 1. The molecule has 5 heteroatoms. The summed E-state index contributed by atoms with van der Waals surface area (Å²) in [6.07, 6.45) is 1.90. The third-order valence-corrected chi connectivity index (χ3v) is 3.07. The number of fused-ring (bicyclic) bond motifs is 1. The first kappa shape index (κ1) is 10.2. The van der Waals surface area contributed by atoms with Gasteiger partial charge in [0.25, 0.3) is 0 Å². The largest absolute Gasteiger partial charge is 0.247 e. The molecule has 0 spiro atoms. The minimum absolute atomic E-state index is 0.388. The van der Waals surface area contributed by atoms with Gasteiger partial charge in [-0.25, -0.2) is 15.4 Å². The van der Waals surface area contributed by atoms with Gasteiger partial charge in [0, 0.05) is 5.71 Å². The van der Waals surface area contributed by atoms with Crippen LogP contribution in [0.25, 0.3) is 0 Å². The van der Waals surface area contributed by atoms with E-state index in [9.17, 15) is 0 Å². The van der Waals surface area contributed by atoms with Gasteiger partial charge in [-0.1, -0.05) is 41.4 Å².